The number of pyridine rings is 1. The standard InChI is InChI=1S/C27H23ClF5N3O5/c28-17-4-1-15-9-16(27(31,32)33)13-41-22-12-36(23(37)11-20(22)19(15)10-17)21(7-8-40-26(29)30)25(39)35-18-5-2-14(3-6-18)24(34)38/h1-6,10-12,16,21,26H,7-9,13H2,(H2,34,38)(H,35,39)/t16-,21?/m1/s1. The first-order valence-corrected chi connectivity index (χ1v) is 12.6. The van der Waals surface area contributed by atoms with E-state index in [0.29, 0.717) is 0 Å². The number of amides is 2. The predicted octanol–water partition coefficient (Wildman–Crippen LogP) is 5.19. The van der Waals surface area contributed by atoms with Crippen LogP contribution in [0.3, 0.4) is 0 Å². The van der Waals surface area contributed by atoms with Gasteiger partial charge in [0.25, 0.3) is 5.56 Å². The number of aromatic nitrogens is 1. The molecular formula is C27H23ClF5N3O5. The normalized spacial score (nSPS) is 15.6. The smallest absolute Gasteiger partial charge is 0.395 e. The zero-order chi connectivity index (χ0) is 29.9. The van der Waals surface area contributed by atoms with Crippen LogP contribution < -0.4 is 21.3 Å². The van der Waals surface area contributed by atoms with E-state index in [9.17, 15) is 36.3 Å². The fourth-order valence-corrected chi connectivity index (χ4v) is 4.58. The first-order chi connectivity index (χ1) is 19.3. The molecule has 1 unspecified atom stereocenters. The van der Waals surface area contributed by atoms with Crippen molar-refractivity contribution < 1.29 is 41.0 Å². The Morgan fingerprint density at radius 3 is 2.46 bits per heavy atom. The van der Waals surface area contributed by atoms with Crippen molar-refractivity contribution >= 4 is 29.1 Å². The molecule has 0 bridgehead atoms. The Bertz CT molecular complexity index is 1490. The van der Waals surface area contributed by atoms with E-state index in [1.54, 1.807) is 0 Å². The van der Waals surface area contributed by atoms with Gasteiger partial charge in [-0.2, -0.15) is 22.0 Å². The Balaban J connectivity index is 1.75. The van der Waals surface area contributed by atoms with Crippen LogP contribution in [0.4, 0.5) is 27.6 Å². The number of nitrogens with zero attached hydrogens (tertiary/aromatic N) is 1. The SMILES string of the molecule is NC(=O)c1ccc(NC(=O)C(CCOC(F)F)n2cc3c(cc2=O)-c2cc(Cl)ccc2C[C@@H](C(F)(F)F)CO3)cc1. The summed E-state index contributed by atoms with van der Waals surface area (Å²) in [6.07, 6.45) is -4.34. The molecule has 1 aliphatic heterocycles. The minimum absolute atomic E-state index is 0.138. The van der Waals surface area contributed by atoms with Crippen molar-refractivity contribution in [1.29, 1.82) is 0 Å². The van der Waals surface area contributed by atoms with Crippen LogP contribution >= 0.6 is 11.6 Å². The molecule has 1 aromatic heterocycles. The van der Waals surface area contributed by atoms with Crippen molar-refractivity contribution in [2.75, 3.05) is 18.5 Å². The Hall–Kier alpha value is -3.97. The summed E-state index contributed by atoms with van der Waals surface area (Å²) in [5, 5.41) is 2.74. The number of halogens is 6. The van der Waals surface area contributed by atoms with Crippen molar-refractivity contribution in [3.8, 4) is 16.9 Å². The van der Waals surface area contributed by atoms with Crippen molar-refractivity contribution in [1.82, 2.24) is 4.57 Å². The number of alkyl halides is 5. The fraction of sp³-hybridized carbons (Fsp3) is 0.296. The number of nitrogens with two attached hydrogens (primary N) is 1. The molecule has 1 aliphatic rings. The van der Waals surface area contributed by atoms with Gasteiger partial charge >= 0.3 is 12.8 Å². The van der Waals surface area contributed by atoms with Gasteiger partial charge in [-0.1, -0.05) is 17.7 Å². The minimum Gasteiger partial charge on any atom is -0.491 e. The summed E-state index contributed by atoms with van der Waals surface area (Å²) in [5.41, 5.74) is 5.52. The number of fused-ring (bicyclic) bond motifs is 3. The number of carbonyl (C=O) groups excluding carboxylic acids is 2. The van der Waals surface area contributed by atoms with Crippen LogP contribution in [0.5, 0.6) is 5.75 Å². The fourth-order valence-electron chi connectivity index (χ4n) is 4.41. The number of benzene rings is 2. The molecular weight excluding hydrogens is 577 g/mol. The molecule has 0 spiro atoms. The maximum absolute atomic E-state index is 13.7. The lowest BCUT2D eigenvalue weighted by Gasteiger charge is -2.27. The van der Waals surface area contributed by atoms with E-state index in [1.165, 1.54) is 42.5 Å². The molecule has 3 N–H and O–H groups in total. The van der Waals surface area contributed by atoms with Gasteiger partial charge in [-0.25, -0.2) is 0 Å². The highest BCUT2D eigenvalue weighted by Gasteiger charge is 2.41. The van der Waals surface area contributed by atoms with Gasteiger partial charge in [0.2, 0.25) is 11.8 Å². The van der Waals surface area contributed by atoms with Crippen LogP contribution in [-0.2, 0) is 16.0 Å². The average Bonchev–Trinajstić information content (AvgIpc) is 2.88. The minimum atomic E-state index is -4.60. The Morgan fingerprint density at radius 2 is 1.83 bits per heavy atom. The summed E-state index contributed by atoms with van der Waals surface area (Å²) >= 11 is 6.11. The summed E-state index contributed by atoms with van der Waals surface area (Å²) in [4.78, 5) is 37.9. The van der Waals surface area contributed by atoms with E-state index in [4.69, 9.17) is 22.1 Å². The quantitative estimate of drug-likeness (QED) is 0.346. The van der Waals surface area contributed by atoms with Gasteiger partial charge in [0, 0.05) is 34.3 Å². The molecule has 218 valence electrons. The highest BCUT2D eigenvalue weighted by molar-refractivity contribution is 6.30. The van der Waals surface area contributed by atoms with Gasteiger partial charge in [-0.05, 0) is 53.9 Å². The third-order valence-corrected chi connectivity index (χ3v) is 6.72. The lowest BCUT2D eigenvalue weighted by Crippen LogP contribution is -2.35. The lowest BCUT2D eigenvalue weighted by atomic mass is 9.91. The zero-order valence-electron chi connectivity index (χ0n) is 21.1. The second-order valence-electron chi connectivity index (χ2n) is 9.22. The first kappa shape index (κ1) is 30.0. The molecule has 3 aromatic rings. The van der Waals surface area contributed by atoms with Gasteiger partial charge in [0.15, 0.2) is 0 Å². The average molecular weight is 600 g/mol. The number of anilines is 1. The van der Waals surface area contributed by atoms with Crippen LogP contribution in [0.25, 0.3) is 11.1 Å². The van der Waals surface area contributed by atoms with Crippen LogP contribution in [0.15, 0.2) is 59.5 Å². The van der Waals surface area contributed by atoms with E-state index >= 15 is 0 Å². The third-order valence-electron chi connectivity index (χ3n) is 6.49. The number of hydrogen-bond acceptors (Lipinski definition) is 5. The topological polar surface area (TPSA) is 113 Å². The summed E-state index contributed by atoms with van der Waals surface area (Å²) in [5.74, 6) is -3.54. The van der Waals surface area contributed by atoms with Crippen molar-refractivity contribution in [3.05, 3.63) is 81.2 Å². The number of rotatable bonds is 8. The zero-order valence-corrected chi connectivity index (χ0v) is 21.8. The highest BCUT2D eigenvalue weighted by atomic mass is 35.5. The molecule has 4 rings (SSSR count). The van der Waals surface area contributed by atoms with E-state index < -0.39 is 68.2 Å². The molecule has 2 amide bonds. The molecule has 0 radical (unpaired) electrons. The molecule has 8 nitrogen and oxygen atoms in total. The molecule has 2 heterocycles. The first-order valence-electron chi connectivity index (χ1n) is 12.2. The molecule has 0 saturated carbocycles. The molecule has 0 aliphatic carbocycles. The van der Waals surface area contributed by atoms with E-state index in [1.807, 2.05) is 0 Å². The van der Waals surface area contributed by atoms with Crippen LogP contribution in [0.1, 0.15) is 28.4 Å². The molecule has 14 heteroatoms. The van der Waals surface area contributed by atoms with Gasteiger partial charge in [-0.15, -0.1) is 0 Å². The molecule has 41 heavy (non-hydrogen) atoms. The van der Waals surface area contributed by atoms with Crippen molar-refractivity contribution in [3.63, 3.8) is 0 Å². The van der Waals surface area contributed by atoms with Gasteiger partial charge < -0.3 is 20.5 Å². The number of carbonyl (C=O) groups is 2. The van der Waals surface area contributed by atoms with Crippen molar-refractivity contribution in [2.45, 2.75) is 31.7 Å². The van der Waals surface area contributed by atoms with E-state index in [-0.39, 0.29) is 38.7 Å². The van der Waals surface area contributed by atoms with Crippen LogP contribution in [-0.4, -0.2) is 42.4 Å². The van der Waals surface area contributed by atoms with E-state index in [0.717, 1.165) is 16.8 Å². The maximum Gasteiger partial charge on any atom is 0.395 e. The Kier molecular flexibility index (Phi) is 8.98. The molecule has 0 fully saturated rings. The maximum atomic E-state index is 13.7. The summed E-state index contributed by atoms with van der Waals surface area (Å²) in [7, 11) is 0. The van der Waals surface area contributed by atoms with Gasteiger partial charge in [0.1, 0.15) is 18.4 Å². The molecule has 2 aromatic carbocycles. The largest absolute Gasteiger partial charge is 0.491 e. The third kappa shape index (κ3) is 7.22. The second kappa shape index (κ2) is 12.3. The van der Waals surface area contributed by atoms with Gasteiger partial charge in [-0.3, -0.25) is 19.0 Å². The van der Waals surface area contributed by atoms with Crippen LogP contribution in [0, 0.1) is 5.92 Å². The number of primary amides is 1. The highest BCUT2D eigenvalue weighted by Crippen LogP contribution is 2.40. The molecule has 2 atom stereocenters. The summed E-state index contributed by atoms with van der Waals surface area (Å²) < 4.78 is 77.3. The number of hydrogen-bond donors (Lipinski definition) is 2. The van der Waals surface area contributed by atoms with Crippen LogP contribution in [0.2, 0.25) is 5.02 Å². The summed E-state index contributed by atoms with van der Waals surface area (Å²) in [6, 6.07) is 9.38. The van der Waals surface area contributed by atoms with Crippen molar-refractivity contribution in [2.24, 2.45) is 11.7 Å². The molecule has 0 saturated heterocycles. The van der Waals surface area contributed by atoms with E-state index in [2.05, 4.69) is 10.1 Å². The second-order valence-corrected chi connectivity index (χ2v) is 9.66. The predicted molar refractivity (Wildman–Crippen MR) is 139 cm³/mol. The number of nitrogens with one attached hydrogen (secondary N) is 1. The Labute approximate surface area is 234 Å². The Morgan fingerprint density at radius 1 is 1.12 bits per heavy atom. The summed E-state index contributed by atoms with van der Waals surface area (Å²) in [6.45, 7) is -4.54. The lowest BCUT2D eigenvalue weighted by molar-refractivity contribution is -0.181. The van der Waals surface area contributed by atoms with Gasteiger partial charge in [0.05, 0.1) is 18.7 Å². The number of ether oxygens (including phenoxy) is 2. The monoisotopic (exact) mass is 599 g/mol.